The SMILES string of the molecule is CNc1ccc(OC(=O)Cn2cc[n+](C)c2)cc1. The van der Waals surface area contributed by atoms with E-state index in [0.717, 1.165) is 5.69 Å². The van der Waals surface area contributed by atoms with Gasteiger partial charge in [0.05, 0.1) is 7.05 Å². The zero-order chi connectivity index (χ0) is 13.0. The van der Waals surface area contributed by atoms with Crippen LogP contribution in [0.1, 0.15) is 0 Å². The molecule has 18 heavy (non-hydrogen) atoms. The monoisotopic (exact) mass is 246 g/mol. The molecule has 0 aliphatic rings. The fourth-order valence-corrected chi connectivity index (χ4v) is 1.60. The van der Waals surface area contributed by atoms with Gasteiger partial charge in [0.2, 0.25) is 6.33 Å². The second-order valence-electron chi connectivity index (χ2n) is 4.00. The summed E-state index contributed by atoms with van der Waals surface area (Å²) < 4.78 is 8.87. The molecular weight excluding hydrogens is 230 g/mol. The maximum absolute atomic E-state index is 11.7. The van der Waals surface area contributed by atoms with Crippen molar-refractivity contribution in [2.45, 2.75) is 6.54 Å². The first-order valence-electron chi connectivity index (χ1n) is 5.67. The van der Waals surface area contributed by atoms with E-state index in [1.807, 2.05) is 49.5 Å². The number of ether oxygens (including phenoxy) is 1. The second kappa shape index (κ2) is 5.35. The van der Waals surface area contributed by atoms with Gasteiger partial charge in [-0.15, -0.1) is 0 Å². The largest absolute Gasteiger partial charge is 0.424 e. The minimum atomic E-state index is -0.289. The Morgan fingerprint density at radius 2 is 2.11 bits per heavy atom. The normalized spacial score (nSPS) is 10.1. The van der Waals surface area contributed by atoms with E-state index in [4.69, 9.17) is 4.74 Å². The molecule has 1 N–H and O–H groups in total. The van der Waals surface area contributed by atoms with Crippen LogP contribution in [0.4, 0.5) is 5.69 Å². The van der Waals surface area contributed by atoms with E-state index in [0.29, 0.717) is 5.75 Å². The van der Waals surface area contributed by atoms with Crippen molar-refractivity contribution in [3.8, 4) is 5.75 Å². The molecule has 0 spiro atoms. The van der Waals surface area contributed by atoms with Crippen molar-refractivity contribution in [1.82, 2.24) is 4.57 Å². The minimum Gasteiger partial charge on any atom is -0.424 e. The molecule has 0 bridgehead atoms. The number of imidazole rings is 1. The number of hydrogen-bond acceptors (Lipinski definition) is 3. The van der Waals surface area contributed by atoms with E-state index in [1.54, 1.807) is 16.7 Å². The number of carbonyl (C=O) groups is 1. The van der Waals surface area contributed by atoms with Crippen molar-refractivity contribution >= 4 is 11.7 Å². The Bertz CT molecular complexity index is 531. The first-order valence-corrected chi connectivity index (χ1v) is 5.67. The van der Waals surface area contributed by atoms with Crippen LogP contribution < -0.4 is 14.6 Å². The number of hydrogen-bond donors (Lipinski definition) is 1. The predicted molar refractivity (Wildman–Crippen MR) is 67.2 cm³/mol. The van der Waals surface area contributed by atoms with E-state index in [-0.39, 0.29) is 12.5 Å². The quantitative estimate of drug-likeness (QED) is 0.496. The van der Waals surface area contributed by atoms with Gasteiger partial charge in [0.25, 0.3) is 0 Å². The highest BCUT2D eigenvalue weighted by Gasteiger charge is 2.10. The lowest BCUT2D eigenvalue weighted by Gasteiger charge is -2.04. The first-order chi connectivity index (χ1) is 8.67. The molecule has 0 aliphatic carbocycles. The van der Waals surface area contributed by atoms with Gasteiger partial charge in [-0.25, -0.2) is 13.9 Å². The molecule has 0 saturated heterocycles. The standard InChI is InChI=1S/C13H16N3O2/c1-14-11-3-5-12(6-4-11)18-13(17)9-16-8-7-15(2)10-16/h3-8,10,14H,9H2,1-2H3/q+1. The molecule has 5 nitrogen and oxygen atoms in total. The third kappa shape index (κ3) is 3.10. The molecule has 94 valence electrons. The van der Waals surface area contributed by atoms with Crippen LogP contribution >= 0.6 is 0 Å². The number of carbonyl (C=O) groups excluding carboxylic acids is 1. The highest BCUT2D eigenvalue weighted by molar-refractivity contribution is 5.72. The van der Waals surface area contributed by atoms with Gasteiger partial charge in [0, 0.05) is 12.7 Å². The second-order valence-corrected chi connectivity index (χ2v) is 4.00. The van der Waals surface area contributed by atoms with Gasteiger partial charge >= 0.3 is 5.97 Å². The molecule has 1 heterocycles. The van der Waals surface area contributed by atoms with Gasteiger partial charge in [-0.05, 0) is 24.3 Å². The number of aryl methyl sites for hydroxylation is 1. The number of nitrogens with one attached hydrogen (secondary N) is 1. The Hall–Kier alpha value is -2.30. The summed E-state index contributed by atoms with van der Waals surface area (Å²) in [6.45, 7) is 0.203. The summed E-state index contributed by atoms with van der Waals surface area (Å²) >= 11 is 0. The Morgan fingerprint density at radius 3 is 2.67 bits per heavy atom. The molecule has 0 unspecified atom stereocenters. The van der Waals surface area contributed by atoms with Gasteiger partial charge in [-0.3, -0.25) is 0 Å². The highest BCUT2D eigenvalue weighted by atomic mass is 16.5. The van der Waals surface area contributed by atoms with E-state index < -0.39 is 0 Å². The molecule has 0 fully saturated rings. The van der Waals surface area contributed by atoms with Crippen LogP contribution in [-0.2, 0) is 18.4 Å². The smallest absolute Gasteiger partial charge is 0.353 e. The molecule has 0 atom stereocenters. The lowest BCUT2D eigenvalue weighted by Crippen LogP contribution is -2.24. The molecule has 0 radical (unpaired) electrons. The third-order valence-corrected chi connectivity index (χ3v) is 2.51. The van der Waals surface area contributed by atoms with Crippen molar-refractivity contribution in [2.75, 3.05) is 12.4 Å². The Morgan fingerprint density at radius 1 is 1.39 bits per heavy atom. The number of esters is 1. The van der Waals surface area contributed by atoms with Gasteiger partial charge in [0.1, 0.15) is 18.1 Å². The highest BCUT2D eigenvalue weighted by Crippen LogP contribution is 2.15. The first kappa shape index (κ1) is 12.2. The average molecular weight is 246 g/mol. The van der Waals surface area contributed by atoms with E-state index in [2.05, 4.69) is 5.32 Å². The number of nitrogens with zero attached hydrogens (tertiary/aromatic N) is 2. The van der Waals surface area contributed by atoms with Crippen LogP contribution in [0.2, 0.25) is 0 Å². The maximum Gasteiger partial charge on any atom is 0.353 e. The molecule has 5 heteroatoms. The fourth-order valence-electron chi connectivity index (χ4n) is 1.60. The van der Waals surface area contributed by atoms with Gasteiger partial charge < -0.3 is 10.1 Å². The number of anilines is 1. The lowest BCUT2D eigenvalue weighted by molar-refractivity contribution is -0.671. The molecule has 1 aromatic heterocycles. The van der Waals surface area contributed by atoms with Crippen LogP contribution in [0.25, 0.3) is 0 Å². The summed E-state index contributed by atoms with van der Waals surface area (Å²) in [4.78, 5) is 11.7. The Balaban J connectivity index is 1.94. The van der Waals surface area contributed by atoms with Crippen molar-refractivity contribution in [3.63, 3.8) is 0 Å². The van der Waals surface area contributed by atoms with Crippen LogP contribution in [0, 0.1) is 0 Å². The molecule has 0 saturated carbocycles. The zero-order valence-electron chi connectivity index (χ0n) is 10.5. The number of benzene rings is 1. The van der Waals surface area contributed by atoms with Gasteiger partial charge in [-0.2, -0.15) is 0 Å². The van der Waals surface area contributed by atoms with Crippen LogP contribution in [0.15, 0.2) is 43.0 Å². The molecule has 1 aromatic carbocycles. The maximum atomic E-state index is 11.7. The molecule has 2 aromatic rings. The number of aromatic nitrogens is 2. The predicted octanol–water partition coefficient (Wildman–Crippen LogP) is 0.960. The topological polar surface area (TPSA) is 47.1 Å². The summed E-state index contributed by atoms with van der Waals surface area (Å²) in [5.74, 6) is 0.263. The molecule has 0 aliphatic heterocycles. The summed E-state index contributed by atoms with van der Waals surface area (Å²) in [5, 5.41) is 3.00. The summed E-state index contributed by atoms with van der Waals surface area (Å²) in [6.07, 6.45) is 5.52. The lowest BCUT2D eigenvalue weighted by atomic mass is 10.3. The summed E-state index contributed by atoms with van der Waals surface area (Å²) in [7, 11) is 3.74. The van der Waals surface area contributed by atoms with Crippen LogP contribution in [0.3, 0.4) is 0 Å². The fraction of sp³-hybridized carbons (Fsp3) is 0.231. The van der Waals surface area contributed by atoms with E-state index in [1.165, 1.54) is 0 Å². The van der Waals surface area contributed by atoms with Crippen molar-refractivity contribution in [1.29, 1.82) is 0 Å². The Labute approximate surface area is 106 Å². The van der Waals surface area contributed by atoms with Crippen LogP contribution in [-0.4, -0.2) is 17.6 Å². The van der Waals surface area contributed by atoms with E-state index in [9.17, 15) is 4.79 Å². The summed E-state index contributed by atoms with van der Waals surface area (Å²) in [5.41, 5.74) is 0.979. The Kier molecular flexibility index (Phi) is 3.62. The van der Waals surface area contributed by atoms with Crippen LogP contribution in [0.5, 0.6) is 5.75 Å². The summed E-state index contributed by atoms with van der Waals surface area (Å²) in [6, 6.07) is 7.25. The zero-order valence-corrected chi connectivity index (χ0v) is 10.5. The van der Waals surface area contributed by atoms with Crippen molar-refractivity contribution in [2.24, 2.45) is 7.05 Å². The van der Waals surface area contributed by atoms with Crippen molar-refractivity contribution in [3.05, 3.63) is 43.0 Å². The van der Waals surface area contributed by atoms with Crippen molar-refractivity contribution < 1.29 is 14.1 Å². The third-order valence-electron chi connectivity index (χ3n) is 2.51. The molecular formula is C13H16N3O2+. The van der Waals surface area contributed by atoms with Gasteiger partial charge in [0.15, 0.2) is 6.54 Å². The minimum absolute atomic E-state index is 0.203. The van der Waals surface area contributed by atoms with E-state index >= 15 is 0 Å². The van der Waals surface area contributed by atoms with Gasteiger partial charge in [-0.1, -0.05) is 0 Å². The molecule has 0 amide bonds. The molecule has 2 rings (SSSR count). The number of rotatable bonds is 4. The average Bonchev–Trinajstić information content (AvgIpc) is 2.75.